The number of rotatable bonds is 2. The van der Waals surface area contributed by atoms with E-state index in [1.54, 1.807) is 18.3 Å². The Bertz CT molecular complexity index is 800. The van der Waals surface area contributed by atoms with Gasteiger partial charge >= 0.3 is 42.6 Å². The fourth-order valence-electron chi connectivity index (χ4n) is 2.06. The molecule has 0 radical (unpaired) electrons. The fourth-order valence-corrected chi connectivity index (χ4v) is 2.06. The Hall–Kier alpha value is -1.03. The first-order valence-electron chi connectivity index (χ1n) is 6.71. The normalized spacial score (nSPS) is 10.4. The monoisotopic (exact) mass is 400 g/mol. The fraction of sp³-hybridized carbons (Fsp3) is 0. The van der Waals surface area contributed by atoms with E-state index >= 15 is 0 Å². The van der Waals surface area contributed by atoms with Gasteiger partial charge in [-0.15, -0.1) is 0 Å². The van der Waals surface area contributed by atoms with Gasteiger partial charge in [0, 0.05) is 17.2 Å². The molecule has 0 heterocycles. The summed E-state index contributed by atoms with van der Waals surface area (Å²) in [5, 5.41) is 12.0. The molecular formula is C17H13Cl3NOTi. The van der Waals surface area contributed by atoms with Crippen LogP contribution in [0.3, 0.4) is 0 Å². The number of para-hydroxylation sites is 1. The van der Waals surface area contributed by atoms with Crippen molar-refractivity contribution in [3.05, 3.63) is 72.3 Å². The molecule has 0 bridgehead atoms. The van der Waals surface area contributed by atoms with Crippen LogP contribution in [-0.2, 0) is 14.7 Å². The SMILES string of the molecule is Oc1ccccc1C=Nc1cccc2ccccc12.[Cl][Ti]([Cl])[Cl]. The number of phenolic OH excluding ortho intramolecular Hbond substituents is 1. The van der Waals surface area contributed by atoms with Gasteiger partial charge in [-0.25, -0.2) is 0 Å². The molecule has 3 rings (SSSR count). The van der Waals surface area contributed by atoms with E-state index in [-0.39, 0.29) is 5.75 Å². The molecule has 0 aromatic heterocycles. The molecule has 1 N–H and O–H groups in total. The zero-order valence-electron chi connectivity index (χ0n) is 12.0. The van der Waals surface area contributed by atoms with E-state index in [9.17, 15) is 5.11 Å². The maximum absolute atomic E-state index is 9.71. The quantitative estimate of drug-likeness (QED) is 0.393. The van der Waals surface area contributed by atoms with Crippen LogP contribution >= 0.6 is 27.9 Å². The Labute approximate surface area is 152 Å². The number of hydrogen-bond acceptors (Lipinski definition) is 2. The summed E-state index contributed by atoms with van der Waals surface area (Å²) in [4.78, 5) is 4.48. The minimum absolute atomic E-state index is 0.242. The molecule has 0 aliphatic rings. The second-order valence-electron chi connectivity index (χ2n) is 4.53. The van der Waals surface area contributed by atoms with Gasteiger partial charge in [0.15, 0.2) is 0 Å². The first-order chi connectivity index (χ1) is 11.1. The first-order valence-corrected chi connectivity index (χ1v) is 13.2. The zero-order valence-corrected chi connectivity index (χ0v) is 15.8. The Morgan fingerprint density at radius 1 is 0.826 bits per heavy atom. The second kappa shape index (κ2) is 9.31. The van der Waals surface area contributed by atoms with Gasteiger partial charge < -0.3 is 5.11 Å². The standard InChI is InChI=1S/C17H13NO.3ClH.Ti/c19-17-11-4-2-7-14(17)12-18-16-10-5-8-13-6-1-3-9-15(13)16;;;;/h1-12,19H;3*1H;/q;;;;+3/p-3. The summed E-state index contributed by atoms with van der Waals surface area (Å²) in [5.41, 5.74) is 1.62. The van der Waals surface area contributed by atoms with E-state index in [1.165, 1.54) is 0 Å². The third-order valence-corrected chi connectivity index (χ3v) is 3.05. The molecule has 0 atom stereocenters. The molecule has 117 valence electrons. The van der Waals surface area contributed by atoms with E-state index in [4.69, 9.17) is 27.9 Å². The molecule has 0 aliphatic heterocycles. The molecule has 3 aromatic rings. The van der Waals surface area contributed by atoms with E-state index in [1.807, 2.05) is 42.5 Å². The van der Waals surface area contributed by atoms with Crippen LogP contribution in [-0.4, -0.2) is 11.3 Å². The molecule has 0 fully saturated rings. The average Bonchev–Trinajstić information content (AvgIpc) is 2.53. The second-order valence-corrected chi connectivity index (χ2v) is 12.3. The van der Waals surface area contributed by atoms with Gasteiger partial charge in [-0.05, 0) is 23.6 Å². The molecule has 0 saturated carbocycles. The van der Waals surface area contributed by atoms with Crippen molar-refractivity contribution in [1.29, 1.82) is 0 Å². The Kier molecular flexibility index (Phi) is 7.42. The number of phenols is 1. The van der Waals surface area contributed by atoms with Crippen molar-refractivity contribution in [1.82, 2.24) is 0 Å². The summed E-state index contributed by atoms with van der Waals surface area (Å²) in [5.74, 6) is 0.242. The van der Waals surface area contributed by atoms with Crippen molar-refractivity contribution in [2.45, 2.75) is 0 Å². The van der Waals surface area contributed by atoms with Crippen LogP contribution in [0.4, 0.5) is 5.69 Å². The predicted molar refractivity (Wildman–Crippen MR) is 96.9 cm³/mol. The maximum atomic E-state index is 9.71. The third kappa shape index (κ3) is 5.83. The summed E-state index contributed by atoms with van der Waals surface area (Å²) < 4.78 is 0. The van der Waals surface area contributed by atoms with Crippen molar-refractivity contribution in [3.8, 4) is 5.75 Å². The molecule has 23 heavy (non-hydrogen) atoms. The summed E-state index contributed by atoms with van der Waals surface area (Å²) in [6.07, 6.45) is 1.69. The van der Waals surface area contributed by atoms with E-state index in [2.05, 4.69) is 17.1 Å². The summed E-state index contributed by atoms with van der Waals surface area (Å²) >= 11 is -1.92. The predicted octanol–water partition coefficient (Wildman–Crippen LogP) is 6.36. The van der Waals surface area contributed by atoms with Crippen molar-refractivity contribution < 1.29 is 19.8 Å². The van der Waals surface area contributed by atoms with Crippen LogP contribution in [0.2, 0.25) is 0 Å². The molecule has 6 heteroatoms. The Morgan fingerprint density at radius 3 is 2.17 bits per heavy atom. The van der Waals surface area contributed by atoms with Crippen LogP contribution in [0.5, 0.6) is 5.75 Å². The Morgan fingerprint density at radius 2 is 1.43 bits per heavy atom. The van der Waals surface area contributed by atoms with E-state index in [0.717, 1.165) is 22.0 Å². The molecule has 0 amide bonds. The van der Waals surface area contributed by atoms with Gasteiger partial charge in [-0.3, -0.25) is 4.99 Å². The number of aliphatic imine (C=N–C) groups is 1. The first kappa shape index (κ1) is 18.3. The van der Waals surface area contributed by atoms with E-state index in [0.29, 0.717) is 0 Å². The third-order valence-electron chi connectivity index (χ3n) is 3.05. The van der Waals surface area contributed by atoms with Gasteiger partial charge in [-0.2, -0.15) is 0 Å². The zero-order chi connectivity index (χ0) is 16.7. The van der Waals surface area contributed by atoms with Crippen LogP contribution in [0, 0.1) is 0 Å². The van der Waals surface area contributed by atoms with Crippen molar-refractivity contribution in [3.63, 3.8) is 0 Å². The molecule has 0 saturated heterocycles. The topological polar surface area (TPSA) is 32.6 Å². The number of hydrogen-bond donors (Lipinski definition) is 1. The van der Waals surface area contributed by atoms with Crippen LogP contribution in [0.15, 0.2) is 71.7 Å². The summed E-state index contributed by atoms with van der Waals surface area (Å²) in [6.45, 7) is 0. The minimum atomic E-state index is -1.92. The van der Waals surface area contributed by atoms with E-state index < -0.39 is 14.7 Å². The van der Waals surface area contributed by atoms with Crippen molar-refractivity contribution in [2.75, 3.05) is 0 Å². The van der Waals surface area contributed by atoms with Gasteiger partial charge in [-0.1, -0.05) is 48.5 Å². The number of benzene rings is 3. The molecule has 0 unspecified atom stereocenters. The van der Waals surface area contributed by atoms with Crippen LogP contribution < -0.4 is 0 Å². The van der Waals surface area contributed by atoms with Gasteiger partial charge in [0.05, 0.1) is 5.69 Å². The Balaban J connectivity index is 0.000000433. The van der Waals surface area contributed by atoms with Gasteiger partial charge in [0.25, 0.3) is 0 Å². The number of nitrogens with zero attached hydrogens (tertiary/aromatic N) is 1. The van der Waals surface area contributed by atoms with Crippen molar-refractivity contribution >= 4 is 50.6 Å². The number of fused-ring (bicyclic) bond motifs is 1. The molecular weight excluding hydrogens is 388 g/mol. The summed E-state index contributed by atoms with van der Waals surface area (Å²) in [6, 6.07) is 21.3. The molecule has 0 aliphatic carbocycles. The van der Waals surface area contributed by atoms with Crippen molar-refractivity contribution in [2.24, 2.45) is 4.99 Å². The van der Waals surface area contributed by atoms with Crippen LogP contribution in [0.25, 0.3) is 10.8 Å². The summed E-state index contributed by atoms with van der Waals surface area (Å²) in [7, 11) is 14.9. The average molecular weight is 402 g/mol. The molecule has 0 spiro atoms. The number of halogens is 3. The van der Waals surface area contributed by atoms with Crippen LogP contribution in [0.1, 0.15) is 5.56 Å². The van der Waals surface area contributed by atoms with Gasteiger partial charge in [0.1, 0.15) is 5.75 Å². The van der Waals surface area contributed by atoms with Gasteiger partial charge in [0.2, 0.25) is 0 Å². The molecule has 2 nitrogen and oxygen atoms in total. The number of aromatic hydroxyl groups is 1. The molecule has 3 aromatic carbocycles.